The molecule has 0 bridgehead atoms. The average molecular weight is 372 g/mol. The summed E-state index contributed by atoms with van der Waals surface area (Å²) in [4.78, 5) is 26.4. The highest BCUT2D eigenvalue weighted by atomic mass is 79.9. The van der Waals surface area contributed by atoms with Crippen molar-refractivity contribution >= 4 is 39.6 Å². The van der Waals surface area contributed by atoms with Gasteiger partial charge in [0, 0.05) is 22.0 Å². The lowest BCUT2D eigenvalue weighted by Crippen LogP contribution is -2.41. The normalized spacial score (nSPS) is 23.1. The van der Waals surface area contributed by atoms with Crippen molar-refractivity contribution in [2.24, 2.45) is 5.92 Å². The number of hydrogen-bond acceptors (Lipinski definition) is 3. The van der Waals surface area contributed by atoms with E-state index in [0.717, 1.165) is 9.37 Å². The number of rotatable bonds is 4. The van der Waals surface area contributed by atoms with Crippen LogP contribution in [0.15, 0.2) is 33.6 Å². The minimum atomic E-state index is -0.814. The summed E-state index contributed by atoms with van der Waals surface area (Å²) in [5.74, 6) is -1.25. The van der Waals surface area contributed by atoms with Crippen molar-refractivity contribution in [1.29, 1.82) is 0 Å². The predicted molar refractivity (Wildman–Crippen MR) is 86.4 cm³/mol. The van der Waals surface area contributed by atoms with Crippen LogP contribution < -0.4 is 0 Å². The summed E-state index contributed by atoms with van der Waals surface area (Å²) in [6, 6.07) is 7.58. The van der Waals surface area contributed by atoms with Gasteiger partial charge in [-0.3, -0.25) is 9.59 Å². The first-order valence-corrected chi connectivity index (χ1v) is 8.53. The Balaban J connectivity index is 1.99. The highest BCUT2D eigenvalue weighted by molar-refractivity contribution is 9.10. The first-order valence-electron chi connectivity index (χ1n) is 6.85. The summed E-state index contributed by atoms with van der Waals surface area (Å²) in [6.45, 7) is 4.22. The third kappa shape index (κ3) is 3.80. The molecule has 3 atom stereocenters. The number of benzene rings is 1. The van der Waals surface area contributed by atoms with Gasteiger partial charge in [-0.15, -0.1) is 11.8 Å². The molecular formula is C15H18BrNO3S. The summed E-state index contributed by atoms with van der Waals surface area (Å²) >= 11 is 4.88. The van der Waals surface area contributed by atoms with Gasteiger partial charge in [-0.1, -0.05) is 15.9 Å². The number of nitrogens with zero attached hydrogens (tertiary/aromatic N) is 1. The minimum Gasteiger partial charge on any atom is -0.481 e. The number of carbonyl (C=O) groups excluding carboxylic acids is 1. The number of carboxylic acid groups (broad SMARTS) is 1. The number of carboxylic acids is 1. The second-order valence-corrected chi connectivity index (χ2v) is 7.55. The zero-order chi connectivity index (χ0) is 15.6. The van der Waals surface area contributed by atoms with Crippen LogP contribution in [0.25, 0.3) is 0 Å². The Hall–Kier alpha value is -1.01. The van der Waals surface area contributed by atoms with Crippen LogP contribution in [0.3, 0.4) is 0 Å². The lowest BCUT2D eigenvalue weighted by atomic mass is 10.0. The largest absolute Gasteiger partial charge is 0.481 e. The standard InChI is InChI=1S/C15H18BrNO3S/c1-9-13(15(19)20)7-8-17(9)14(18)10(2)21-12-5-3-11(16)4-6-12/h3-6,9-10,13H,7-8H2,1-2H3,(H,19,20). The lowest BCUT2D eigenvalue weighted by molar-refractivity contribution is -0.143. The molecule has 1 aliphatic rings. The van der Waals surface area contributed by atoms with E-state index in [0.29, 0.717) is 13.0 Å². The molecule has 3 unspecified atom stereocenters. The highest BCUT2D eigenvalue weighted by Crippen LogP contribution is 2.30. The quantitative estimate of drug-likeness (QED) is 0.825. The molecule has 21 heavy (non-hydrogen) atoms. The summed E-state index contributed by atoms with van der Waals surface area (Å²) < 4.78 is 1.00. The molecule has 0 saturated carbocycles. The first-order chi connectivity index (χ1) is 9.90. The minimum absolute atomic E-state index is 0.0131. The molecule has 4 nitrogen and oxygen atoms in total. The predicted octanol–water partition coefficient (Wildman–Crippen LogP) is 3.25. The van der Waals surface area contributed by atoms with E-state index in [-0.39, 0.29) is 17.2 Å². The molecule has 0 aliphatic carbocycles. The second kappa shape index (κ2) is 6.83. The maximum atomic E-state index is 12.5. The second-order valence-electron chi connectivity index (χ2n) is 5.22. The Morgan fingerprint density at radius 3 is 2.52 bits per heavy atom. The number of hydrogen-bond donors (Lipinski definition) is 1. The SMILES string of the molecule is CC(Sc1ccc(Br)cc1)C(=O)N1CCC(C(=O)O)C1C. The third-order valence-electron chi connectivity index (χ3n) is 3.83. The van der Waals surface area contributed by atoms with Crippen molar-refractivity contribution in [2.75, 3.05) is 6.54 Å². The van der Waals surface area contributed by atoms with Gasteiger partial charge < -0.3 is 10.0 Å². The zero-order valence-electron chi connectivity index (χ0n) is 12.0. The fourth-order valence-electron chi connectivity index (χ4n) is 2.58. The molecule has 1 aromatic carbocycles. The van der Waals surface area contributed by atoms with Gasteiger partial charge in [0.15, 0.2) is 0 Å². The fourth-order valence-corrected chi connectivity index (χ4v) is 3.78. The van der Waals surface area contributed by atoms with Crippen LogP contribution >= 0.6 is 27.7 Å². The van der Waals surface area contributed by atoms with Crippen LogP contribution in [-0.4, -0.2) is 39.7 Å². The van der Waals surface area contributed by atoms with Crippen LogP contribution in [0.5, 0.6) is 0 Å². The molecular weight excluding hydrogens is 354 g/mol. The molecule has 1 heterocycles. The molecule has 0 spiro atoms. The van der Waals surface area contributed by atoms with Crippen LogP contribution in [0, 0.1) is 5.92 Å². The zero-order valence-corrected chi connectivity index (χ0v) is 14.4. The van der Waals surface area contributed by atoms with Gasteiger partial charge in [0.25, 0.3) is 0 Å². The molecule has 1 aliphatic heterocycles. The summed E-state index contributed by atoms with van der Waals surface area (Å²) in [5.41, 5.74) is 0. The number of aliphatic carboxylic acids is 1. The summed E-state index contributed by atoms with van der Waals surface area (Å²) in [7, 11) is 0. The fraction of sp³-hybridized carbons (Fsp3) is 0.467. The number of carbonyl (C=O) groups is 2. The van der Waals surface area contributed by atoms with Gasteiger partial charge >= 0.3 is 5.97 Å². The molecule has 114 valence electrons. The number of amides is 1. The van der Waals surface area contributed by atoms with E-state index in [1.165, 1.54) is 11.8 Å². The maximum absolute atomic E-state index is 12.5. The van der Waals surface area contributed by atoms with Crippen molar-refractivity contribution in [3.8, 4) is 0 Å². The van der Waals surface area contributed by atoms with Crippen molar-refractivity contribution in [1.82, 2.24) is 4.90 Å². The van der Waals surface area contributed by atoms with Crippen LogP contribution in [0.4, 0.5) is 0 Å². The van der Waals surface area contributed by atoms with Gasteiger partial charge in [-0.05, 0) is 44.5 Å². The Morgan fingerprint density at radius 2 is 2.00 bits per heavy atom. The summed E-state index contributed by atoms with van der Waals surface area (Å²) in [6.07, 6.45) is 0.540. The Bertz CT molecular complexity index is 534. The van der Waals surface area contributed by atoms with Crippen LogP contribution in [0.1, 0.15) is 20.3 Å². The van der Waals surface area contributed by atoms with Gasteiger partial charge in [0.05, 0.1) is 11.2 Å². The van der Waals surface area contributed by atoms with Gasteiger partial charge in [0.1, 0.15) is 0 Å². The Labute approximate surface area is 137 Å². The van der Waals surface area contributed by atoms with Crippen molar-refractivity contribution in [3.63, 3.8) is 0 Å². The smallest absolute Gasteiger partial charge is 0.308 e. The van der Waals surface area contributed by atoms with E-state index in [2.05, 4.69) is 15.9 Å². The summed E-state index contributed by atoms with van der Waals surface area (Å²) in [5, 5.41) is 8.91. The van der Waals surface area contributed by atoms with E-state index in [4.69, 9.17) is 5.11 Å². The number of likely N-dealkylation sites (tertiary alicyclic amines) is 1. The topological polar surface area (TPSA) is 57.6 Å². The molecule has 6 heteroatoms. The molecule has 1 amide bonds. The van der Waals surface area contributed by atoms with Gasteiger partial charge in [0.2, 0.25) is 5.91 Å². The molecule has 1 aromatic rings. The molecule has 1 fully saturated rings. The van der Waals surface area contributed by atoms with E-state index in [1.54, 1.807) is 4.90 Å². The van der Waals surface area contributed by atoms with Crippen LogP contribution in [-0.2, 0) is 9.59 Å². The maximum Gasteiger partial charge on any atom is 0.308 e. The van der Waals surface area contributed by atoms with E-state index in [1.807, 2.05) is 38.1 Å². The number of thioether (sulfide) groups is 1. The molecule has 1 saturated heterocycles. The van der Waals surface area contributed by atoms with E-state index >= 15 is 0 Å². The third-order valence-corrected chi connectivity index (χ3v) is 5.46. The highest BCUT2D eigenvalue weighted by Gasteiger charge is 2.39. The first kappa shape index (κ1) is 16.4. The molecule has 0 radical (unpaired) electrons. The Morgan fingerprint density at radius 1 is 1.38 bits per heavy atom. The van der Waals surface area contributed by atoms with E-state index in [9.17, 15) is 9.59 Å². The van der Waals surface area contributed by atoms with Crippen molar-refractivity contribution < 1.29 is 14.7 Å². The monoisotopic (exact) mass is 371 g/mol. The van der Waals surface area contributed by atoms with E-state index < -0.39 is 11.9 Å². The molecule has 0 aromatic heterocycles. The lowest BCUT2D eigenvalue weighted by Gasteiger charge is -2.26. The van der Waals surface area contributed by atoms with Crippen molar-refractivity contribution in [2.45, 2.75) is 36.5 Å². The Kier molecular flexibility index (Phi) is 5.32. The van der Waals surface area contributed by atoms with Crippen molar-refractivity contribution in [3.05, 3.63) is 28.7 Å². The van der Waals surface area contributed by atoms with Crippen LogP contribution in [0.2, 0.25) is 0 Å². The van der Waals surface area contributed by atoms with Gasteiger partial charge in [-0.25, -0.2) is 0 Å². The molecule has 2 rings (SSSR count). The number of halogens is 1. The van der Waals surface area contributed by atoms with Gasteiger partial charge in [-0.2, -0.15) is 0 Å². The molecule has 1 N–H and O–H groups in total. The average Bonchev–Trinajstić information content (AvgIpc) is 2.82.